The highest BCUT2D eigenvalue weighted by molar-refractivity contribution is 5.76. The highest BCUT2D eigenvalue weighted by atomic mass is 16.2. The molecule has 2 bridgehead atoms. The summed E-state index contributed by atoms with van der Waals surface area (Å²) in [5, 5.41) is 0. The van der Waals surface area contributed by atoms with Crippen LogP contribution in [0.2, 0.25) is 0 Å². The van der Waals surface area contributed by atoms with Crippen LogP contribution in [0.5, 0.6) is 0 Å². The molecule has 4 nitrogen and oxygen atoms in total. The first-order valence-electron chi connectivity index (χ1n) is 8.08. The number of rotatable bonds is 2. The second kappa shape index (κ2) is 4.90. The summed E-state index contributed by atoms with van der Waals surface area (Å²) in [5.74, 6) is 2.77. The van der Waals surface area contributed by atoms with Gasteiger partial charge < -0.3 is 9.88 Å². The van der Waals surface area contributed by atoms with Gasteiger partial charge >= 0.3 is 0 Å². The van der Waals surface area contributed by atoms with E-state index in [-0.39, 0.29) is 0 Å². The third kappa shape index (κ3) is 2.15. The van der Waals surface area contributed by atoms with Gasteiger partial charge in [0, 0.05) is 19.4 Å². The summed E-state index contributed by atoms with van der Waals surface area (Å²) in [5.41, 5.74) is 2.28. The van der Waals surface area contributed by atoms with E-state index in [0.29, 0.717) is 11.8 Å². The Labute approximate surface area is 120 Å². The van der Waals surface area contributed by atoms with Crippen molar-refractivity contribution in [3.05, 3.63) is 17.7 Å². The lowest BCUT2D eigenvalue weighted by atomic mass is 9.64. The number of nitrogens with zero attached hydrogens (tertiary/aromatic N) is 2. The molecule has 2 heterocycles. The van der Waals surface area contributed by atoms with Crippen LogP contribution in [-0.2, 0) is 17.8 Å². The lowest BCUT2D eigenvalue weighted by Crippen LogP contribution is -2.40. The summed E-state index contributed by atoms with van der Waals surface area (Å²) in [6, 6.07) is 0. The standard InChI is InChI=1S/C16H23N3O/c20-16(8-13-7-11-1-3-12(13)4-2-11)19-6-5-14-15(9-19)18-10-17-14/h10-13H,1-9H2,(H,17,18). The number of hydrogen-bond donors (Lipinski definition) is 1. The molecule has 5 rings (SSSR count). The first-order chi connectivity index (χ1) is 9.79. The Morgan fingerprint density at radius 1 is 1.35 bits per heavy atom. The van der Waals surface area contributed by atoms with Crippen molar-refractivity contribution in [1.29, 1.82) is 0 Å². The van der Waals surface area contributed by atoms with Crippen LogP contribution in [0.25, 0.3) is 0 Å². The number of carbonyl (C=O) groups excluding carboxylic acids is 1. The predicted octanol–water partition coefficient (Wildman–Crippen LogP) is 2.51. The minimum atomic E-state index is 0.364. The highest BCUT2D eigenvalue weighted by Gasteiger charge is 2.37. The minimum Gasteiger partial charge on any atom is -0.347 e. The van der Waals surface area contributed by atoms with Crippen LogP contribution >= 0.6 is 0 Å². The van der Waals surface area contributed by atoms with Gasteiger partial charge in [0.15, 0.2) is 0 Å². The topological polar surface area (TPSA) is 49.0 Å². The van der Waals surface area contributed by atoms with Crippen LogP contribution in [0.1, 0.15) is 49.9 Å². The van der Waals surface area contributed by atoms with Crippen LogP contribution in [0.3, 0.4) is 0 Å². The maximum absolute atomic E-state index is 12.6. The molecule has 3 saturated carbocycles. The van der Waals surface area contributed by atoms with Crippen molar-refractivity contribution < 1.29 is 4.79 Å². The van der Waals surface area contributed by atoms with E-state index >= 15 is 0 Å². The molecule has 4 heteroatoms. The van der Waals surface area contributed by atoms with Crippen LogP contribution in [0.4, 0.5) is 0 Å². The molecular weight excluding hydrogens is 250 g/mol. The zero-order valence-electron chi connectivity index (χ0n) is 12.0. The SMILES string of the molecule is O=C(CC1CC2CCC1CC2)N1CCc2nc[nH]c2C1. The van der Waals surface area contributed by atoms with Gasteiger partial charge in [-0.2, -0.15) is 0 Å². The molecule has 0 spiro atoms. The zero-order valence-corrected chi connectivity index (χ0v) is 12.0. The Bertz CT molecular complexity index is 502. The molecule has 1 atom stereocenters. The van der Waals surface area contributed by atoms with Gasteiger partial charge in [-0.05, 0) is 37.0 Å². The van der Waals surface area contributed by atoms with Gasteiger partial charge in [-0.1, -0.05) is 12.8 Å². The summed E-state index contributed by atoms with van der Waals surface area (Å²) in [4.78, 5) is 22.1. The average Bonchev–Trinajstić information content (AvgIpc) is 2.96. The maximum Gasteiger partial charge on any atom is 0.223 e. The molecule has 4 aliphatic rings. The summed E-state index contributed by atoms with van der Waals surface area (Å²) < 4.78 is 0. The van der Waals surface area contributed by atoms with Crippen LogP contribution < -0.4 is 0 Å². The molecule has 1 unspecified atom stereocenters. The molecule has 108 valence electrons. The third-order valence-corrected chi connectivity index (χ3v) is 5.76. The number of aromatic amines is 1. The highest BCUT2D eigenvalue weighted by Crippen LogP contribution is 2.46. The smallest absolute Gasteiger partial charge is 0.223 e. The molecule has 0 saturated heterocycles. The average molecular weight is 273 g/mol. The van der Waals surface area contributed by atoms with Crippen molar-refractivity contribution in [2.75, 3.05) is 6.54 Å². The largest absolute Gasteiger partial charge is 0.347 e. The van der Waals surface area contributed by atoms with Crippen LogP contribution in [-0.4, -0.2) is 27.3 Å². The lowest BCUT2D eigenvalue weighted by molar-refractivity contribution is -0.134. The van der Waals surface area contributed by atoms with Gasteiger partial charge in [-0.15, -0.1) is 0 Å². The maximum atomic E-state index is 12.6. The van der Waals surface area contributed by atoms with Crippen molar-refractivity contribution >= 4 is 5.91 Å². The second-order valence-corrected chi connectivity index (χ2v) is 6.87. The van der Waals surface area contributed by atoms with E-state index in [4.69, 9.17) is 0 Å². The van der Waals surface area contributed by atoms with Crippen molar-refractivity contribution in [2.45, 2.75) is 51.5 Å². The molecule has 3 fully saturated rings. The molecule has 1 N–H and O–H groups in total. The Morgan fingerprint density at radius 3 is 2.95 bits per heavy atom. The van der Waals surface area contributed by atoms with Crippen molar-refractivity contribution in [1.82, 2.24) is 14.9 Å². The normalized spacial score (nSPS) is 32.2. The quantitative estimate of drug-likeness (QED) is 0.900. The van der Waals surface area contributed by atoms with E-state index in [9.17, 15) is 4.79 Å². The van der Waals surface area contributed by atoms with Gasteiger partial charge in [0.25, 0.3) is 0 Å². The van der Waals surface area contributed by atoms with Gasteiger partial charge in [-0.25, -0.2) is 4.98 Å². The van der Waals surface area contributed by atoms with E-state index in [0.717, 1.165) is 49.2 Å². The number of hydrogen-bond acceptors (Lipinski definition) is 2. The zero-order chi connectivity index (χ0) is 13.5. The summed E-state index contributed by atoms with van der Waals surface area (Å²) in [7, 11) is 0. The molecule has 0 aromatic carbocycles. The number of amides is 1. The molecule has 1 aromatic rings. The third-order valence-electron chi connectivity index (χ3n) is 5.76. The van der Waals surface area contributed by atoms with E-state index in [1.807, 2.05) is 4.90 Å². The van der Waals surface area contributed by atoms with Crippen LogP contribution in [0, 0.1) is 17.8 Å². The number of nitrogens with one attached hydrogen (secondary N) is 1. The van der Waals surface area contributed by atoms with E-state index < -0.39 is 0 Å². The molecular formula is C16H23N3O. The van der Waals surface area contributed by atoms with E-state index in [1.165, 1.54) is 32.1 Å². The van der Waals surface area contributed by atoms with Gasteiger partial charge in [0.05, 0.1) is 24.3 Å². The first-order valence-corrected chi connectivity index (χ1v) is 8.08. The number of imidazole rings is 1. The predicted molar refractivity (Wildman–Crippen MR) is 75.9 cm³/mol. The number of carbonyl (C=O) groups is 1. The van der Waals surface area contributed by atoms with Crippen molar-refractivity contribution in [2.24, 2.45) is 17.8 Å². The molecule has 1 aromatic heterocycles. The second-order valence-electron chi connectivity index (χ2n) is 6.87. The Balaban J connectivity index is 1.39. The van der Waals surface area contributed by atoms with Gasteiger partial charge in [0.1, 0.15) is 0 Å². The fourth-order valence-electron chi connectivity index (χ4n) is 4.54. The fourth-order valence-corrected chi connectivity index (χ4v) is 4.54. The monoisotopic (exact) mass is 273 g/mol. The Morgan fingerprint density at radius 2 is 2.20 bits per heavy atom. The van der Waals surface area contributed by atoms with Crippen molar-refractivity contribution in [3.8, 4) is 0 Å². The first kappa shape index (κ1) is 12.4. The van der Waals surface area contributed by atoms with Crippen LogP contribution in [0.15, 0.2) is 6.33 Å². The Hall–Kier alpha value is -1.32. The molecule has 3 aliphatic carbocycles. The summed E-state index contributed by atoms with van der Waals surface area (Å²) in [6.45, 7) is 1.58. The van der Waals surface area contributed by atoms with Gasteiger partial charge in [-0.3, -0.25) is 4.79 Å². The molecule has 0 radical (unpaired) electrons. The summed E-state index contributed by atoms with van der Waals surface area (Å²) >= 11 is 0. The number of fused-ring (bicyclic) bond motifs is 4. The minimum absolute atomic E-state index is 0.364. The number of aromatic nitrogens is 2. The fraction of sp³-hybridized carbons (Fsp3) is 0.750. The molecule has 1 amide bonds. The van der Waals surface area contributed by atoms with Crippen molar-refractivity contribution in [3.63, 3.8) is 0 Å². The van der Waals surface area contributed by atoms with E-state index in [2.05, 4.69) is 9.97 Å². The van der Waals surface area contributed by atoms with Gasteiger partial charge in [0.2, 0.25) is 5.91 Å². The summed E-state index contributed by atoms with van der Waals surface area (Å²) in [6.07, 6.45) is 10.3. The Kier molecular flexibility index (Phi) is 3.04. The molecule has 20 heavy (non-hydrogen) atoms. The lowest BCUT2D eigenvalue weighted by Gasteiger charge is -2.42. The molecule has 1 aliphatic heterocycles. The number of H-pyrrole nitrogens is 1. The van der Waals surface area contributed by atoms with E-state index in [1.54, 1.807) is 6.33 Å².